The van der Waals surface area contributed by atoms with Gasteiger partial charge in [0.2, 0.25) is 10.0 Å². The van der Waals surface area contributed by atoms with Gasteiger partial charge in [-0.1, -0.05) is 26.0 Å². The molecule has 0 aliphatic heterocycles. The van der Waals surface area contributed by atoms with Crippen molar-refractivity contribution in [3.63, 3.8) is 0 Å². The van der Waals surface area contributed by atoms with Gasteiger partial charge in [0.15, 0.2) is 0 Å². The summed E-state index contributed by atoms with van der Waals surface area (Å²) in [6, 6.07) is 8.74. The second kappa shape index (κ2) is 6.73. The smallest absolute Gasteiger partial charge is 0.384 e. The predicted molar refractivity (Wildman–Crippen MR) is 97.7 cm³/mol. The summed E-state index contributed by atoms with van der Waals surface area (Å²) in [4.78, 5) is 0.00510. The lowest BCUT2D eigenvalue weighted by atomic mass is 10.0. The van der Waals surface area contributed by atoms with Gasteiger partial charge >= 0.3 is 6.18 Å². The maximum Gasteiger partial charge on any atom is 0.418 e. The largest absolute Gasteiger partial charge is 0.418 e. The zero-order valence-electron chi connectivity index (χ0n) is 15.2. The van der Waals surface area contributed by atoms with Crippen LogP contribution in [0.25, 0.3) is 0 Å². The van der Waals surface area contributed by atoms with E-state index in [1.54, 1.807) is 12.1 Å². The topological polar surface area (TPSA) is 72.2 Å². The van der Waals surface area contributed by atoms with Gasteiger partial charge in [-0.3, -0.25) is 0 Å². The van der Waals surface area contributed by atoms with Crippen molar-refractivity contribution >= 4 is 15.7 Å². The number of benzene rings is 2. The van der Waals surface area contributed by atoms with Gasteiger partial charge in [-0.2, -0.15) is 13.2 Å². The van der Waals surface area contributed by atoms with E-state index in [0.717, 1.165) is 17.7 Å². The molecule has 1 aliphatic carbocycles. The van der Waals surface area contributed by atoms with Gasteiger partial charge in [-0.15, -0.1) is 0 Å². The first-order valence-electron chi connectivity index (χ1n) is 8.55. The first-order valence-corrected chi connectivity index (χ1v) is 10.1. The zero-order valence-corrected chi connectivity index (χ0v) is 16.0. The van der Waals surface area contributed by atoms with Gasteiger partial charge in [0.1, 0.15) is 5.82 Å². The minimum absolute atomic E-state index is 0.00510. The molecule has 0 spiro atoms. The molecule has 0 saturated heterocycles. The average molecular weight is 416 g/mol. The Hall–Kier alpha value is -2.13. The molecule has 1 saturated carbocycles. The number of sulfonamides is 1. The molecule has 0 bridgehead atoms. The number of hydrogen-bond acceptors (Lipinski definition) is 3. The van der Waals surface area contributed by atoms with Crippen molar-refractivity contribution in [2.75, 3.05) is 11.9 Å². The lowest BCUT2D eigenvalue weighted by molar-refractivity contribution is -0.137. The molecule has 2 aromatic carbocycles. The van der Waals surface area contributed by atoms with E-state index in [1.165, 1.54) is 12.1 Å². The summed E-state index contributed by atoms with van der Waals surface area (Å²) in [7, 11) is -3.79. The van der Waals surface area contributed by atoms with Crippen LogP contribution >= 0.6 is 0 Å². The first kappa shape index (κ1) is 20.6. The van der Waals surface area contributed by atoms with E-state index in [-0.39, 0.29) is 34.4 Å². The third-order valence-corrected chi connectivity index (χ3v) is 6.35. The zero-order chi connectivity index (χ0) is 20.9. The second-order valence-electron chi connectivity index (χ2n) is 7.59. The average Bonchev–Trinajstić information content (AvgIpc) is 3.13. The van der Waals surface area contributed by atoms with Crippen LogP contribution in [0.1, 0.15) is 30.9 Å². The van der Waals surface area contributed by atoms with Crippen LogP contribution in [-0.4, -0.2) is 15.0 Å². The molecule has 2 aromatic rings. The quantitative estimate of drug-likeness (QED) is 0.712. The number of anilines is 1. The van der Waals surface area contributed by atoms with Crippen molar-refractivity contribution < 1.29 is 26.0 Å². The van der Waals surface area contributed by atoms with E-state index < -0.39 is 27.6 Å². The number of nitrogens with one attached hydrogen (secondary N) is 1. The minimum Gasteiger partial charge on any atom is -0.384 e. The number of primary sulfonamides is 1. The highest BCUT2D eigenvalue weighted by Gasteiger charge is 2.57. The van der Waals surface area contributed by atoms with E-state index in [9.17, 15) is 26.0 Å². The summed E-state index contributed by atoms with van der Waals surface area (Å²) in [6.07, 6.45) is -4.66. The molecule has 0 radical (unpaired) electrons. The van der Waals surface area contributed by atoms with Crippen LogP contribution in [0.15, 0.2) is 47.4 Å². The van der Waals surface area contributed by atoms with E-state index in [4.69, 9.17) is 5.14 Å². The highest BCUT2D eigenvalue weighted by atomic mass is 32.2. The summed E-state index contributed by atoms with van der Waals surface area (Å²) >= 11 is 0. The van der Waals surface area contributed by atoms with Gasteiger partial charge in [0.05, 0.1) is 10.5 Å². The number of rotatable bonds is 5. The minimum atomic E-state index is -4.66. The lowest BCUT2D eigenvalue weighted by Crippen LogP contribution is -2.14. The highest BCUT2D eigenvalue weighted by Crippen LogP contribution is 2.64. The SMILES string of the molecule is CC1(C)[C@H](CNc2ccc(F)cc2C(F)(F)F)[C@H]1c1ccc(S(N)(=O)=O)cc1. The van der Waals surface area contributed by atoms with E-state index in [2.05, 4.69) is 5.32 Å². The lowest BCUT2D eigenvalue weighted by Gasteiger charge is -2.15. The molecule has 4 nitrogen and oxygen atoms in total. The van der Waals surface area contributed by atoms with Gasteiger partial charge in [-0.25, -0.2) is 17.9 Å². The van der Waals surface area contributed by atoms with Crippen LogP contribution in [0.5, 0.6) is 0 Å². The maximum absolute atomic E-state index is 13.2. The van der Waals surface area contributed by atoms with Gasteiger partial charge in [0.25, 0.3) is 0 Å². The molecule has 0 heterocycles. The van der Waals surface area contributed by atoms with Gasteiger partial charge < -0.3 is 5.32 Å². The van der Waals surface area contributed by atoms with Crippen molar-refractivity contribution in [1.29, 1.82) is 0 Å². The molecule has 28 heavy (non-hydrogen) atoms. The fourth-order valence-electron chi connectivity index (χ4n) is 3.78. The van der Waals surface area contributed by atoms with Crippen LogP contribution in [0.4, 0.5) is 23.2 Å². The monoisotopic (exact) mass is 416 g/mol. The van der Waals surface area contributed by atoms with Crippen molar-refractivity contribution in [2.45, 2.75) is 30.8 Å². The summed E-state index contributed by atoms with van der Waals surface area (Å²) in [5, 5.41) is 7.89. The Morgan fingerprint density at radius 2 is 1.71 bits per heavy atom. The van der Waals surface area contributed by atoms with Crippen LogP contribution in [0, 0.1) is 17.2 Å². The standard InChI is InChI=1S/C19H20F4N2O2S/c1-18(2)15(17(18)11-3-6-13(7-4-11)28(24,26)27)10-25-16-8-5-12(20)9-14(16)19(21,22)23/h3-9,15,17,25H,10H2,1-2H3,(H2,24,26,27)/t15-,17-/m1/s1. The Morgan fingerprint density at radius 1 is 1.11 bits per heavy atom. The summed E-state index contributed by atoms with van der Waals surface area (Å²) in [5.74, 6) is -0.874. The molecule has 0 unspecified atom stereocenters. The third-order valence-electron chi connectivity index (χ3n) is 5.42. The Labute approximate surface area is 160 Å². The van der Waals surface area contributed by atoms with Crippen molar-refractivity contribution in [3.05, 3.63) is 59.4 Å². The first-order chi connectivity index (χ1) is 12.8. The Bertz CT molecular complexity index is 986. The van der Waals surface area contributed by atoms with E-state index >= 15 is 0 Å². The molecule has 0 amide bonds. The number of nitrogens with two attached hydrogens (primary N) is 1. The van der Waals surface area contributed by atoms with Crippen LogP contribution in [0.2, 0.25) is 0 Å². The van der Waals surface area contributed by atoms with Crippen LogP contribution < -0.4 is 10.5 Å². The molecule has 2 atom stereocenters. The molecule has 152 valence electrons. The summed E-state index contributed by atoms with van der Waals surface area (Å²) < 4.78 is 75.4. The fourth-order valence-corrected chi connectivity index (χ4v) is 4.29. The van der Waals surface area contributed by atoms with E-state index in [1.807, 2.05) is 13.8 Å². The van der Waals surface area contributed by atoms with Gasteiger partial charge in [-0.05, 0) is 53.1 Å². The number of alkyl halides is 3. The second-order valence-corrected chi connectivity index (χ2v) is 9.15. The predicted octanol–water partition coefficient (Wildman–Crippen LogP) is 4.34. The van der Waals surface area contributed by atoms with Crippen molar-refractivity contribution in [1.82, 2.24) is 0 Å². The maximum atomic E-state index is 13.2. The normalized spacial score (nSPS) is 21.4. The molecular weight excluding hydrogens is 396 g/mol. The van der Waals surface area contributed by atoms with Crippen molar-refractivity contribution in [2.24, 2.45) is 16.5 Å². The Morgan fingerprint density at radius 3 is 2.25 bits per heavy atom. The molecule has 1 fully saturated rings. The number of halogens is 4. The van der Waals surface area contributed by atoms with E-state index in [0.29, 0.717) is 6.07 Å². The highest BCUT2D eigenvalue weighted by molar-refractivity contribution is 7.89. The van der Waals surface area contributed by atoms with Crippen LogP contribution in [-0.2, 0) is 16.2 Å². The molecule has 0 aromatic heterocycles. The Kier molecular flexibility index (Phi) is 4.95. The molecule has 9 heteroatoms. The fraction of sp³-hybridized carbons (Fsp3) is 0.368. The third kappa shape index (κ3) is 4.00. The number of hydrogen-bond donors (Lipinski definition) is 2. The van der Waals surface area contributed by atoms with Crippen LogP contribution in [0.3, 0.4) is 0 Å². The molecule has 3 rings (SSSR count). The van der Waals surface area contributed by atoms with Crippen molar-refractivity contribution in [3.8, 4) is 0 Å². The molecular formula is C19H20F4N2O2S. The summed E-state index contributed by atoms with van der Waals surface area (Å²) in [5.41, 5.74) is -0.506. The Balaban J connectivity index is 1.76. The van der Waals surface area contributed by atoms with Gasteiger partial charge in [0, 0.05) is 12.2 Å². The summed E-state index contributed by atoms with van der Waals surface area (Å²) in [6.45, 7) is 4.25. The molecule has 1 aliphatic rings. The molecule has 3 N–H and O–H groups in total.